The molecule has 0 spiro atoms. The second-order valence-corrected chi connectivity index (χ2v) is 7.00. The van der Waals surface area contributed by atoms with Gasteiger partial charge in [0.05, 0.1) is 5.92 Å². The number of hydrogen-bond donors (Lipinski definition) is 0. The molecule has 4 nitrogen and oxygen atoms in total. The fraction of sp³-hybridized carbons (Fsp3) is 0.529. The van der Waals surface area contributed by atoms with Crippen LogP contribution in [-0.2, 0) is 0 Å². The first-order chi connectivity index (χ1) is 10.6. The summed E-state index contributed by atoms with van der Waals surface area (Å²) in [4.78, 5) is 7.06. The third kappa shape index (κ3) is 2.25. The number of likely N-dealkylation sites (N-methyl/N-ethyl adjacent to an activating group) is 1. The highest BCUT2D eigenvalue weighted by atomic mass is 35.5. The molecule has 2 aliphatic heterocycles. The quantitative estimate of drug-likeness (QED) is 0.845. The maximum absolute atomic E-state index is 6.05. The summed E-state index contributed by atoms with van der Waals surface area (Å²) in [6, 6.07) is 9.40. The minimum Gasteiger partial charge on any atom is -0.339 e. The minimum absolute atomic E-state index is 0.270. The molecule has 4 atom stereocenters. The SMILES string of the molecule is Cc1noc([C@H]2[C@@H](c3ccc(Cl)cc3)C[C@@H]3CC[C@H]2N3C)n1. The van der Waals surface area contributed by atoms with E-state index in [4.69, 9.17) is 16.1 Å². The van der Waals surface area contributed by atoms with Gasteiger partial charge in [0.15, 0.2) is 5.82 Å². The smallest absolute Gasteiger partial charge is 0.231 e. The zero-order valence-electron chi connectivity index (χ0n) is 12.9. The van der Waals surface area contributed by atoms with Gasteiger partial charge < -0.3 is 4.52 Å². The van der Waals surface area contributed by atoms with E-state index in [1.54, 1.807) is 0 Å². The van der Waals surface area contributed by atoms with Crippen molar-refractivity contribution < 1.29 is 4.52 Å². The van der Waals surface area contributed by atoms with E-state index in [1.165, 1.54) is 18.4 Å². The highest BCUT2D eigenvalue weighted by Crippen LogP contribution is 2.50. The Bertz CT molecular complexity index is 669. The van der Waals surface area contributed by atoms with Crippen molar-refractivity contribution >= 4 is 11.6 Å². The molecule has 116 valence electrons. The Labute approximate surface area is 135 Å². The van der Waals surface area contributed by atoms with E-state index < -0.39 is 0 Å². The molecule has 5 heteroatoms. The van der Waals surface area contributed by atoms with Crippen molar-refractivity contribution in [2.45, 2.75) is 50.1 Å². The van der Waals surface area contributed by atoms with Gasteiger partial charge in [-0.1, -0.05) is 28.9 Å². The Kier molecular flexibility index (Phi) is 3.46. The Balaban J connectivity index is 1.76. The standard InChI is InChI=1S/C17H20ClN3O/c1-10-19-17(22-20-10)16-14(11-3-5-12(18)6-4-11)9-13-7-8-15(16)21(13)2/h3-6,13-16H,7-9H2,1-2H3/t13-,14+,15+,16-/m0/s1. The number of rotatable bonds is 2. The summed E-state index contributed by atoms with van der Waals surface area (Å²) in [6.07, 6.45) is 3.60. The number of hydrogen-bond acceptors (Lipinski definition) is 4. The first-order valence-corrected chi connectivity index (χ1v) is 8.29. The van der Waals surface area contributed by atoms with Crippen LogP contribution in [0.1, 0.15) is 48.4 Å². The lowest BCUT2D eigenvalue weighted by molar-refractivity contribution is 0.120. The molecule has 4 rings (SSSR count). The predicted octanol–water partition coefficient (Wildman–Crippen LogP) is 3.77. The summed E-state index contributed by atoms with van der Waals surface area (Å²) in [5.74, 6) is 2.19. The zero-order valence-corrected chi connectivity index (χ0v) is 13.6. The molecule has 0 radical (unpaired) electrons. The first-order valence-electron chi connectivity index (χ1n) is 7.91. The Hall–Kier alpha value is -1.39. The monoisotopic (exact) mass is 317 g/mol. The van der Waals surface area contributed by atoms with Crippen molar-refractivity contribution in [1.29, 1.82) is 0 Å². The van der Waals surface area contributed by atoms with E-state index in [2.05, 4.69) is 34.2 Å². The van der Waals surface area contributed by atoms with E-state index in [0.717, 1.165) is 17.3 Å². The number of aryl methyl sites for hydroxylation is 1. The normalized spacial score (nSPS) is 31.6. The van der Waals surface area contributed by atoms with Crippen LogP contribution in [0.5, 0.6) is 0 Å². The molecule has 1 aromatic heterocycles. The Morgan fingerprint density at radius 2 is 2.00 bits per heavy atom. The average Bonchev–Trinajstić information content (AvgIpc) is 3.02. The van der Waals surface area contributed by atoms with Gasteiger partial charge in [0.1, 0.15) is 0 Å². The van der Waals surface area contributed by atoms with Gasteiger partial charge in [0.2, 0.25) is 5.89 Å². The molecule has 0 amide bonds. The maximum atomic E-state index is 6.05. The second-order valence-electron chi connectivity index (χ2n) is 6.56. The average molecular weight is 318 g/mol. The van der Waals surface area contributed by atoms with Crippen molar-refractivity contribution in [3.05, 3.63) is 46.6 Å². The first kappa shape index (κ1) is 14.2. The molecule has 0 N–H and O–H groups in total. The highest BCUT2D eigenvalue weighted by Gasteiger charge is 2.48. The fourth-order valence-corrected chi connectivity index (χ4v) is 4.43. The summed E-state index contributed by atoms with van der Waals surface area (Å²) in [5, 5.41) is 4.80. The summed E-state index contributed by atoms with van der Waals surface area (Å²) in [6.45, 7) is 1.88. The van der Waals surface area contributed by atoms with Crippen LogP contribution in [0.15, 0.2) is 28.8 Å². The Morgan fingerprint density at radius 1 is 1.23 bits per heavy atom. The second kappa shape index (κ2) is 5.36. The third-order valence-corrected chi connectivity index (χ3v) is 5.65. The van der Waals surface area contributed by atoms with Gasteiger partial charge in [-0.2, -0.15) is 4.98 Å². The summed E-state index contributed by atoms with van der Waals surface area (Å²) in [7, 11) is 2.23. The molecular weight excluding hydrogens is 298 g/mol. The van der Waals surface area contributed by atoms with Gasteiger partial charge in [-0.3, -0.25) is 4.90 Å². The van der Waals surface area contributed by atoms with Gasteiger partial charge in [-0.25, -0.2) is 0 Å². The van der Waals surface area contributed by atoms with Crippen LogP contribution in [0.2, 0.25) is 5.02 Å². The molecule has 0 aliphatic carbocycles. The lowest BCUT2D eigenvalue weighted by Crippen LogP contribution is -2.44. The van der Waals surface area contributed by atoms with E-state index in [9.17, 15) is 0 Å². The number of nitrogens with zero attached hydrogens (tertiary/aromatic N) is 3. The molecule has 3 heterocycles. The highest BCUT2D eigenvalue weighted by molar-refractivity contribution is 6.30. The van der Waals surface area contributed by atoms with Crippen LogP contribution in [0.3, 0.4) is 0 Å². The largest absolute Gasteiger partial charge is 0.339 e. The van der Waals surface area contributed by atoms with Crippen LogP contribution < -0.4 is 0 Å². The molecule has 22 heavy (non-hydrogen) atoms. The van der Waals surface area contributed by atoms with Crippen molar-refractivity contribution in [3.8, 4) is 0 Å². The molecule has 1 aromatic carbocycles. The van der Waals surface area contributed by atoms with Crippen molar-refractivity contribution in [2.75, 3.05) is 7.05 Å². The zero-order chi connectivity index (χ0) is 15.3. The fourth-order valence-electron chi connectivity index (χ4n) is 4.30. The predicted molar refractivity (Wildman–Crippen MR) is 85.2 cm³/mol. The third-order valence-electron chi connectivity index (χ3n) is 5.40. The molecule has 2 saturated heterocycles. The lowest BCUT2D eigenvalue weighted by Gasteiger charge is -2.41. The van der Waals surface area contributed by atoms with Gasteiger partial charge >= 0.3 is 0 Å². The van der Waals surface area contributed by atoms with Crippen LogP contribution in [0.25, 0.3) is 0 Å². The number of halogens is 1. The molecule has 2 bridgehead atoms. The molecular formula is C17H20ClN3O. The van der Waals surface area contributed by atoms with E-state index >= 15 is 0 Å². The van der Waals surface area contributed by atoms with E-state index in [0.29, 0.717) is 23.8 Å². The van der Waals surface area contributed by atoms with Crippen molar-refractivity contribution in [3.63, 3.8) is 0 Å². The topological polar surface area (TPSA) is 42.2 Å². The molecule has 2 fully saturated rings. The van der Waals surface area contributed by atoms with Gasteiger partial charge in [-0.15, -0.1) is 0 Å². The lowest BCUT2D eigenvalue weighted by atomic mass is 9.76. The summed E-state index contributed by atoms with van der Waals surface area (Å²) >= 11 is 6.05. The van der Waals surface area contributed by atoms with Gasteiger partial charge in [0.25, 0.3) is 0 Å². The summed E-state index contributed by atoms with van der Waals surface area (Å²) < 4.78 is 5.56. The molecule has 2 aliphatic rings. The van der Waals surface area contributed by atoms with Crippen LogP contribution in [0.4, 0.5) is 0 Å². The van der Waals surface area contributed by atoms with Gasteiger partial charge in [0, 0.05) is 17.1 Å². The van der Waals surface area contributed by atoms with Crippen LogP contribution in [-0.4, -0.2) is 34.2 Å². The van der Waals surface area contributed by atoms with Crippen LogP contribution >= 0.6 is 11.6 Å². The van der Waals surface area contributed by atoms with E-state index in [-0.39, 0.29) is 5.92 Å². The number of fused-ring (bicyclic) bond motifs is 2. The molecule has 0 saturated carbocycles. The van der Waals surface area contributed by atoms with Crippen molar-refractivity contribution in [2.24, 2.45) is 0 Å². The maximum Gasteiger partial charge on any atom is 0.231 e. The Morgan fingerprint density at radius 3 is 2.68 bits per heavy atom. The summed E-state index contributed by atoms with van der Waals surface area (Å²) in [5.41, 5.74) is 1.33. The number of aromatic nitrogens is 2. The van der Waals surface area contributed by atoms with E-state index in [1.807, 2.05) is 19.1 Å². The van der Waals surface area contributed by atoms with Gasteiger partial charge in [-0.05, 0) is 56.8 Å². The van der Waals surface area contributed by atoms with Crippen LogP contribution in [0, 0.1) is 6.92 Å². The molecule has 0 unspecified atom stereocenters. The van der Waals surface area contributed by atoms with Crippen molar-refractivity contribution in [1.82, 2.24) is 15.0 Å². The molecule has 2 aromatic rings. The number of benzene rings is 1. The minimum atomic E-state index is 0.270. The number of piperidine rings is 1.